The SMILES string of the molecule is CC(CC(=O)NCc1ccc(C(=O)N2CCCCC2)cc1)C1CCNCC1. The molecular formula is C22H33N3O2. The van der Waals surface area contributed by atoms with Gasteiger partial charge in [0.1, 0.15) is 0 Å². The van der Waals surface area contributed by atoms with E-state index in [-0.39, 0.29) is 11.8 Å². The van der Waals surface area contributed by atoms with Gasteiger partial charge in [-0.25, -0.2) is 0 Å². The minimum atomic E-state index is 0.120. The highest BCUT2D eigenvalue weighted by molar-refractivity contribution is 5.94. The predicted octanol–water partition coefficient (Wildman–Crippen LogP) is 2.95. The van der Waals surface area contributed by atoms with Gasteiger partial charge >= 0.3 is 0 Å². The van der Waals surface area contributed by atoms with Crippen LogP contribution in [-0.4, -0.2) is 42.9 Å². The van der Waals surface area contributed by atoms with Gasteiger partial charge in [0, 0.05) is 31.6 Å². The summed E-state index contributed by atoms with van der Waals surface area (Å²) in [6, 6.07) is 7.67. The number of hydrogen-bond acceptors (Lipinski definition) is 3. The zero-order valence-corrected chi connectivity index (χ0v) is 16.5. The molecule has 1 atom stereocenters. The van der Waals surface area contributed by atoms with Crippen LogP contribution < -0.4 is 10.6 Å². The summed E-state index contributed by atoms with van der Waals surface area (Å²) in [5.41, 5.74) is 1.78. The van der Waals surface area contributed by atoms with E-state index < -0.39 is 0 Å². The Morgan fingerprint density at radius 2 is 1.78 bits per heavy atom. The topological polar surface area (TPSA) is 61.4 Å². The highest BCUT2D eigenvalue weighted by Gasteiger charge is 2.22. The fraction of sp³-hybridized carbons (Fsp3) is 0.636. The van der Waals surface area contributed by atoms with Crippen LogP contribution in [0.2, 0.25) is 0 Å². The Morgan fingerprint density at radius 3 is 2.44 bits per heavy atom. The third-order valence-corrected chi connectivity index (χ3v) is 6.03. The molecule has 2 N–H and O–H groups in total. The maximum atomic E-state index is 12.5. The van der Waals surface area contributed by atoms with Crippen LogP contribution in [0.3, 0.4) is 0 Å². The molecule has 1 aromatic rings. The average molecular weight is 372 g/mol. The standard InChI is InChI=1S/C22H33N3O2/c1-17(19-9-11-23-12-10-19)15-21(26)24-16-18-5-7-20(8-6-18)22(27)25-13-3-2-4-14-25/h5-8,17,19,23H,2-4,9-16H2,1H3,(H,24,26). The molecular weight excluding hydrogens is 338 g/mol. The van der Waals surface area contributed by atoms with E-state index in [4.69, 9.17) is 0 Å². The number of carbonyl (C=O) groups excluding carboxylic acids is 2. The van der Waals surface area contributed by atoms with Crippen LogP contribution in [0.4, 0.5) is 0 Å². The van der Waals surface area contributed by atoms with Crippen molar-refractivity contribution >= 4 is 11.8 Å². The van der Waals surface area contributed by atoms with E-state index in [9.17, 15) is 9.59 Å². The van der Waals surface area contributed by atoms with Crippen molar-refractivity contribution < 1.29 is 9.59 Å². The van der Waals surface area contributed by atoms with Crippen molar-refractivity contribution in [3.05, 3.63) is 35.4 Å². The van der Waals surface area contributed by atoms with Crippen molar-refractivity contribution in [2.75, 3.05) is 26.2 Å². The number of nitrogens with zero attached hydrogens (tertiary/aromatic N) is 1. The summed E-state index contributed by atoms with van der Waals surface area (Å²) in [7, 11) is 0. The molecule has 2 saturated heterocycles. The summed E-state index contributed by atoms with van der Waals surface area (Å²) in [6.07, 6.45) is 6.36. The van der Waals surface area contributed by atoms with E-state index in [2.05, 4.69) is 17.6 Å². The molecule has 148 valence electrons. The largest absolute Gasteiger partial charge is 0.352 e. The summed E-state index contributed by atoms with van der Waals surface area (Å²) in [4.78, 5) is 26.7. The maximum absolute atomic E-state index is 12.5. The lowest BCUT2D eigenvalue weighted by atomic mass is 9.84. The molecule has 2 fully saturated rings. The van der Waals surface area contributed by atoms with Crippen molar-refractivity contribution in [1.82, 2.24) is 15.5 Å². The summed E-state index contributed by atoms with van der Waals surface area (Å²) < 4.78 is 0. The molecule has 0 spiro atoms. The molecule has 1 unspecified atom stereocenters. The van der Waals surface area contributed by atoms with Gasteiger partial charge in [0.2, 0.25) is 5.91 Å². The van der Waals surface area contributed by atoms with Crippen LogP contribution in [0.15, 0.2) is 24.3 Å². The quantitative estimate of drug-likeness (QED) is 0.808. The maximum Gasteiger partial charge on any atom is 0.253 e. The minimum absolute atomic E-state index is 0.120. The zero-order valence-electron chi connectivity index (χ0n) is 16.5. The van der Waals surface area contributed by atoms with Crippen LogP contribution in [-0.2, 0) is 11.3 Å². The van der Waals surface area contributed by atoms with Gasteiger partial charge in [-0.15, -0.1) is 0 Å². The van der Waals surface area contributed by atoms with E-state index in [0.717, 1.165) is 50.1 Å². The number of rotatable bonds is 6. The van der Waals surface area contributed by atoms with Gasteiger partial charge in [-0.1, -0.05) is 19.1 Å². The van der Waals surface area contributed by atoms with Crippen LogP contribution in [0.25, 0.3) is 0 Å². The van der Waals surface area contributed by atoms with Gasteiger partial charge in [-0.05, 0) is 74.7 Å². The zero-order chi connectivity index (χ0) is 19.1. The molecule has 2 amide bonds. The Balaban J connectivity index is 1.43. The Kier molecular flexibility index (Phi) is 7.27. The van der Waals surface area contributed by atoms with E-state index >= 15 is 0 Å². The van der Waals surface area contributed by atoms with Crippen LogP contribution in [0.5, 0.6) is 0 Å². The molecule has 0 bridgehead atoms. The Bertz CT molecular complexity index is 617. The lowest BCUT2D eigenvalue weighted by molar-refractivity contribution is -0.122. The number of benzene rings is 1. The lowest BCUT2D eigenvalue weighted by Gasteiger charge is -2.27. The summed E-state index contributed by atoms with van der Waals surface area (Å²) in [5.74, 6) is 1.32. The first-order chi connectivity index (χ1) is 13.1. The number of nitrogens with one attached hydrogen (secondary N) is 2. The van der Waals surface area contributed by atoms with Crippen LogP contribution in [0.1, 0.15) is 61.4 Å². The predicted molar refractivity (Wildman–Crippen MR) is 107 cm³/mol. The van der Waals surface area contributed by atoms with Gasteiger partial charge in [-0.3, -0.25) is 9.59 Å². The van der Waals surface area contributed by atoms with Crippen molar-refractivity contribution in [2.24, 2.45) is 11.8 Å². The number of piperidine rings is 2. The Morgan fingerprint density at radius 1 is 1.11 bits per heavy atom. The second-order valence-corrected chi connectivity index (χ2v) is 8.10. The molecule has 0 aromatic heterocycles. The normalized spacial score (nSPS) is 19.5. The molecule has 27 heavy (non-hydrogen) atoms. The second-order valence-electron chi connectivity index (χ2n) is 8.10. The molecule has 0 saturated carbocycles. The smallest absolute Gasteiger partial charge is 0.253 e. The van der Waals surface area contributed by atoms with Crippen molar-refractivity contribution in [3.8, 4) is 0 Å². The highest BCUT2D eigenvalue weighted by atomic mass is 16.2. The van der Waals surface area contributed by atoms with Crippen molar-refractivity contribution in [2.45, 2.75) is 52.0 Å². The second kappa shape index (κ2) is 9.88. The van der Waals surface area contributed by atoms with Gasteiger partial charge < -0.3 is 15.5 Å². The molecule has 5 heteroatoms. The fourth-order valence-corrected chi connectivity index (χ4v) is 4.19. The average Bonchev–Trinajstić information content (AvgIpc) is 2.73. The van der Waals surface area contributed by atoms with Gasteiger partial charge in [-0.2, -0.15) is 0 Å². The van der Waals surface area contributed by atoms with E-state index in [1.165, 1.54) is 19.3 Å². The molecule has 2 heterocycles. The molecule has 0 aliphatic carbocycles. The summed E-state index contributed by atoms with van der Waals surface area (Å²) in [5, 5.41) is 6.41. The lowest BCUT2D eigenvalue weighted by Crippen LogP contribution is -2.35. The number of hydrogen-bond donors (Lipinski definition) is 2. The third-order valence-electron chi connectivity index (χ3n) is 6.03. The first kappa shape index (κ1) is 19.9. The van der Waals surface area contributed by atoms with Gasteiger partial charge in [0.05, 0.1) is 0 Å². The summed E-state index contributed by atoms with van der Waals surface area (Å²) in [6.45, 7) is 6.59. The summed E-state index contributed by atoms with van der Waals surface area (Å²) >= 11 is 0. The number of carbonyl (C=O) groups is 2. The Labute approximate surface area is 162 Å². The Hall–Kier alpha value is -1.88. The molecule has 3 rings (SSSR count). The van der Waals surface area contributed by atoms with Crippen LogP contribution in [0, 0.1) is 11.8 Å². The van der Waals surface area contributed by atoms with Gasteiger partial charge in [0.25, 0.3) is 5.91 Å². The van der Waals surface area contributed by atoms with E-state index in [1.54, 1.807) is 0 Å². The number of likely N-dealkylation sites (tertiary alicyclic amines) is 1. The first-order valence-corrected chi connectivity index (χ1v) is 10.5. The first-order valence-electron chi connectivity index (χ1n) is 10.5. The monoisotopic (exact) mass is 371 g/mol. The highest BCUT2D eigenvalue weighted by Crippen LogP contribution is 2.24. The molecule has 2 aliphatic rings. The molecule has 2 aliphatic heterocycles. The van der Waals surface area contributed by atoms with Crippen LogP contribution >= 0.6 is 0 Å². The molecule has 0 radical (unpaired) electrons. The van der Waals surface area contributed by atoms with E-state index in [1.807, 2.05) is 29.2 Å². The third kappa shape index (κ3) is 5.80. The van der Waals surface area contributed by atoms with E-state index in [0.29, 0.717) is 24.8 Å². The minimum Gasteiger partial charge on any atom is -0.352 e. The molecule has 5 nitrogen and oxygen atoms in total. The van der Waals surface area contributed by atoms with Gasteiger partial charge in [0.15, 0.2) is 0 Å². The van der Waals surface area contributed by atoms with Crippen molar-refractivity contribution in [1.29, 1.82) is 0 Å². The molecule has 1 aromatic carbocycles. The van der Waals surface area contributed by atoms with Crippen molar-refractivity contribution in [3.63, 3.8) is 0 Å². The number of amides is 2. The fourth-order valence-electron chi connectivity index (χ4n) is 4.19.